The molecular weight excluding hydrogens is 440 g/mol. The van der Waals surface area contributed by atoms with Crippen LogP contribution in [0.25, 0.3) is 11.3 Å². The van der Waals surface area contributed by atoms with Gasteiger partial charge in [-0.15, -0.1) is 0 Å². The number of halogens is 2. The lowest BCUT2D eigenvalue weighted by Crippen LogP contribution is -2.37. The van der Waals surface area contributed by atoms with Gasteiger partial charge in [0.15, 0.2) is 11.6 Å². The first-order valence-corrected chi connectivity index (χ1v) is 11.5. The molecule has 0 aliphatic heterocycles. The minimum absolute atomic E-state index is 0.0861. The number of rotatable bonds is 12. The van der Waals surface area contributed by atoms with Crippen molar-refractivity contribution in [1.29, 1.82) is 0 Å². The predicted molar refractivity (Wildman–Crippen MR) is 128 cm³/mol. The number of hydrogen-bond acceptors (Lipinski definition) is 5. The van der Waals surface area contributed by atoms with Gasteiger partial charge in [0.1, 0.15) is 11.5 Å². The van der Waals surface area contributed by atoms with Gasteiger partial charge in [0, 0.05) is 44.9 Å². The fourth-order valence-corrected chi connectivity index (χ4v) is 3.86. The van der Waals surface area contributed by atoms with Crippen LogP contribution in [0.4, 0.5) is 8.78 Å². The molecule has 0 fully saturated rings. The van der Waals surface area contributed by atoms with Crippen LogP contribution in [0.15, 0.2) is 48.5 Å². The van der Waals surface area contributed by atoms with E-state index in [0.717, 1.165) is 29.8 Å². The third-order valence-corrected chi connectivity index (χ3v) is 5.22. The van der Waals surface area contributed by atoms with Crippen LogP contribution in [0.2, 0.25) is 0 Å². The number of aromatic nitrogens is 2. The van der Waals surface area contributed by atoms with Crippen molar-refractivity contribution in [2.24, 2.45) is 13.0 Å². The monoisotopic (exact) mass is 473 g/mol. The van der Waals surface area contributed by atoms with Gasteiger partial charge in [0.25, 0.3) is 0 Å². The van der Waals surface area contributed by atoms with Gasteiger partial charge in [-0.25, -0.2) is 13.5 Å². The van der Waals surface area contributed by atoms with Gasteiger partial charge < -0.3 is 14.6 Å². The Hall–Kier alpha value is -2.81. The molecule has 3 rings (SSSR count). The molecule has 8 heteroatoms. The van der Waals surface area contributed by atoms with Crippen molar-refractivity contribution in [2.75, 3.05) is 26.3 Å². The van der Waals surface area contributed by atoms with Gasteiger partial charge in [-0.3, -0.25) is 4.90 Å². The average Bonchev–Trinajstić information content (AvgIpc) is 3.09. The highest BCUT2D eigenvalue weighted by molar-refractivity contribution is 5.65. The van der Waals surface area contributed by atoms with Gasteiger partial charge in [0.2, 0.25) is 5.88 Å². The maximum absolute atomic E-state index is 14.4. The van der Waals surface area contributed by atoms with E-state index in [0.29, 0.717) is 37.2 Å². The van der Waals surface area contributed by atoms with Crippen molar-refractivity contribution in [3.05, 3.63) is 65.7 Å². The first-order valence-electron chi connectivity index (χ1n) is 11.5. The van der Waals surface area contributed by atoms with E-state index in [1.54, 1.807) is 11.7 Å². The SMILES string of the molecule is CCOCC(O)CN(Cc1c(-c2ccccc2)nn(C)c1Oc1ccc(F)cc1F)CC(C)C. The van der Waals surface area contributed by atoms with Crippen molar-refractivity contribution in [3.63, 3.8) is 0 Å². The van der Waals surface area contributed by atoms with E-state index in [1.165, 1.54) is 6.07 Å². The zero-order valence-electron chi connectivity index (χ0n) is 20.2. The summed E-state index contributed by atoms with van der Waals surface area (Å²) in [6.07, 6.45) is -0.658. The maximum atomic E-state index is 14.4. The predicted octanol–water partition coefficient (Wildman–Crippen LogP) is 5.01. The zero-order valence-corrected chi connectivity index (χ0v) is 20.2. The summed E-state index contributed by atoms with van der Waals surface area (Å²) in [6, 6.07) is 12.9. The molecule has 0 radical (unpaired) electrons. The summed E-state index contributed by atoms with van der Waals surface area (Å²) in [5.41, 5.74) is 2.34. The van der Waals surface area contributed by atoms with Crippen LogP contribution in [0.1, 0.15) is 26.3 Å². The fraction of sp³-hybridized carbons (Fsp3) is 0.423. The van der Waals surface area contributed by atoms with Crippen molar-refractivity contribution in [2.45, 2.75) is 33.4 Å². The fourth-order valence-electron chi connectivity index (χ4n) is 3.86. The van der Waals surface area contributed by atoms with Crippen LogP contribution in [0, 0.1) is 17.6 Å². The van der Waals surface area contributed by atoms with Crippen molar-refractivity contribution >= 4 is 0 Å². The first kappa shape index (κ1) is 25.8. The molecule has 6 nitrogen and oxygen atoms in total. The van der Waals surface area contributed by atoms with Crippen LogP contribution < -0.4 is 4.74 Å². The Morgan fingerprint density at radius 2 is 1.82 bits per heavy atom. The summed E-state index contributed by atoms with van der Waals surface area (Å²) in [5, 5.41) is 15.2. The molecule has 0 aliphatic carbocycles. The molecule has 0 bridgehead atoms. The summed E-state index contributed by atoms with van der Waals surface area (Å²) in [7, 11) is 1.73. The van der Waals surface area contributed by atoms with Gasteiger partial charge in [-0.05, 0) is 25.0 Å². The standard InChI is InChI=1S/C26H33F2N3O3/c1-5-33-17-21(32)15-31(14-18(2)3)16-22-25(19-9-7-6-8-10-19)29-30(4)26(22)34-24-12-11-20(27)13-23(24)28/h6-13,18,21,32H,5,14-17H2,1-4H3. The molecule has 34 heavy (non-hydrogen) atoms. The second-order valence-corrected chi connectivity index (χ2v) is 8.70. The number of hydrogen-bond donors (Lipinski definition) is 1. The summed E-state index contributed by atoms with van der Waals surface area (Å²) < 4.78 is 40.7. The van der Waals surface area contributed by atoms with Crippen molar-refractivity contribution in [3.8, 4) is 22.9 Å². The molecule has 184 valence electrons. The van der Waals surface area contributed by atoms with Crippen molar-refractivity contribution in [1.82, 2.24) is 14.7 Å². The molecule has 2 aromatic carbocycles. The molecule has 0 saturated heterocycles. The molecular formula is C26H33F2N3O3. The number of aliphatic hydroxyl groups excluding tert-OH is 1. The number of aryl methyl sites for hydroxylation is 1. The summed E-state index contributed by atoms with van der Waals surface area (Å²) in [6.45, 7) is 8.40. The van der Waals surface area contributed by atoms with Crippen LogP contribution in [-0.4, -0.2) is 52.2 Å². The van der Waals surface area contributed by atoms with Crippen molar-refractivity contribution < 1.29 is 23.4 Å². The van der Waals surface area contributed by atoms with Crippen LogP contribution in [-0.2, 0) is 18.3 Å². The molecule has 0 aliphatic rings. The number of nitrogens with zero attached hydrogens (tertiary/aromatic N) is 3. The van der Waals surface area contributed by atoms with Gasteiger partial charge in [-0.2, -0.15) is 5.10 Å². The van der Waals surface area contributed by atoms with E-state index in [9.17, 15) is 13.9 Å². The lowest BCUT2D eigenvalue weighted by atomic mass is 10.1. The third-order valence-electron chi connectivity index (χ3n) is 5.22. The summed E-state index contributed by atoms with van der Waals surface area (Å²) >= 11 is 0. The quantitative estimate of drug-likeness (QED) is 0.401. The third kappa shape index (κ3) is 6.85. The highest BCUT2D eigenvalue weighted by atomic mass is 19.1. The highest BCUT2D eigenvalue weighted by Crippen LogP contribution is 2.35. The van der Waals surface area contributed by atoms with E-state index in [1.807, 2.05) is 37.3 Å². The second kappa shape index (κ2) is 12.1. The number of benzene rings is 2. The Bertz CT molecular complexity index is 1060. The zero-order chi connectivity index (χ0) is 24.7. The van der Waals surface area contributed by atoms with Gasteiger partial charge >= 0.3 is 0 Å². The minimum atomic E-state index is -0.792. The van der Waals surface area contributed by atoms with Gasteiger partial charge in [-0.1, -0.05) is 44.2 Å². The molecule has 1 atom stereocenters. The topological polar surface area (TPSA) is 59.8 Å². The van der Waals surface area contributed by atoms with E-state index in [4.69, 9.17) is 9.47 Å². The Kier molecular flexibility index (Phi) is 9.15. The van der Waals surface area contributed by atoms with E-state index < -0.39 is 17.7 Å². The Morgan fingerprint density at radius 3 is 2.47 bits per heavy atom. The highest BCUT2D eigenvalue weighted by Gasteiger charge is 2.24. The lowest BCUT2D eigenvalue weighted by Gasteiger charge is -2.27. The smallest absolute Gasteiger partial charge is 0.222 e. The lowest BCUT2D eigenvalue weighted by molar-refractivity contribution is 0.0174. The molecule has 1 N–H and O–H groups in total. The summed E-state index contributed by atoms with van der Waals surface area (Å²) in [5.74, 6) is -0.851. The molecule has 1 aromatic heterocycles. The molecule has 0 saturated carbocycles. The van der Waals surface area contributed by atoms with E-state index >= 15 is 0 Å². The van der Waals surface area contributed by atoms with Gasteiger partial charge in [0.05, 0.1) is 18.3 Å². The molecule has 0 amide bonds. The first-order chi connectivity index (χ1) is 16.3. The molecule has 0 spiro atoms. The number of aliphatic hydroxyl groups is 1. The molecule has 3 aromatic rings. The minimum Gasteiger partial charge on any atom is -0.436 e. The van der Waals surface area contributed by atoms with Crippen LogP contribution in [0.3, 0.4) is 0 Å². The average molecular weight is 474 g/mol. The second-order valence-electron chi connectivity index (χ2n) is 8.70. The molecule has 1 unspecified atom stereocenters. The number of ether oxygens (including phenoxy) is 2. The molecule has 1 heterocycles. The Balaban J connectivity index is 2.00. The maximum Gasteiger partial charge on any atom is 0.222 e. The Morgan fingerprint density at radius 1 is 1.09 bits per heavy atom. The van der Waals surface area contributed by atoms with Crippen LogP contribution in [0.5, 0.6) is 11.6 Å². The largest absolute Gasteiger partial charge is 0.436 e. The van der Waals surface area contributed by atoms with E-state index in [-0.39, 0.29) is 12.4 Å². The van der Waals surface area contributed by atoms with E-state index in [2.05, 4.69) is 23.8 Å². The van der Waals surface area contributed by atoms with Crippen LogP contribution >= 0.6 is 0 Å². The summed E-state index contributed by atoms with van der Waals surface area (Å²) in [4.78, 5) is 2.12. The normalized spacial score (nSPS) is 12.5. The Labute approximate surface area is 199 Å².